The zero-order valence-corrected chi connectivity index (χ0v) is 10.3. The van der Waals surface area contributed by atoms with E-state index in [9.17, 15) is 15.0 Å². The Morgan fingerprint density at radius 1 is 1.41 bits per heavy atom. The highest BCUT2D eigenvalue weighted by Gasteiger charge is 2.45. The van der Waals surface area contributed by atoms with Crippen LogP contribution in [0.3, 0.4) is 0 Å². The molecule has 0 fully saturated rings. The molecule has 4 heteroatoms. The van der Waals surface area contributed by atoms with Crippen molar-refractivity contribution in [2.75, 3.05) is 0 Å². The zero-order valence-electron chi connectivity index (χ0n) is 10.3. The Balaban J connectivity index is 2.28. The molecular weight excluding hydrogens is 220 g/mol. The molecule has 0 aromatic carbocycles. The highest BCUT2D eigenvalue weighted by Crippen LogP contribution is 2.50. The minimum Gasteiger partial charge on any atom is -0.481 e. The summed E-state index contributed by atoms with van der Waals surface area (Å²) in [6.07, 6.45) is 0.838. The summed E-state index contributed by atoms with van der Waals surface area (Å²) in [5, 5.41) is 29.0. The molecule has 0 amide bonds. The van der Waals surface area contributed by atoms with Gasteiger partial charge in [0.2, 0.25) is 0 Å². The van der Waals surface area contributed by atoms with Crippen LogP contribution in [0.4, 0.5) is 0 Å². The molecule has 0 spiro atoms. The van der Waals surface area contributed by atoms with E-state index in [1.165, 1.54) is 0 Å². The average molecular weight is 240 g/mol. The molecule has 0 saturated carbocycles. The van der Waals surface area contributed by atoms with Crippen molar-refractivity contribution < 1.29 is 20.1 Å². The first-order valence-corrected chi connectivity index (χ1v) is 6.14. The van der Waals surface area contributed by atoms with E-state index < -0.39 is 18.2 Å². The van der Waals surface area contributed by atoms with E-state index in [0.29, 0.717) is 12.8 Å². The Bertz CT molecular complexity index is 370. The Morgan fingerprint density at radius 2 is 2.06 bits per heavy atom. The van der Waals surface area contributed by atoms with Crippen LogP contribution in [0.1, 0.15) is 39.5 Å². The molecule has 0 heterocycles. The Labute approximate surface area is 101 Å². The van der Waals surface area contributed by atoms with Gasteiger partial charge in [-0.1, -0.05) is 13.8 Å². The molecule has 4 nitrogen and oxygen atoms in total. The fourth-order valence-corrected chi connectivity index (χ4v) is 3.29. The lowest BCUT2D eigenvalue weighted by Gasteiger charge is -2.36. The van der Waals surface area contributed by atoms with Crippen molar-refractivity contribution in [2.24, 2.45) is 11.3 Å². The van der Waals surface area contributed by atoms with E-state index >= 15 is 0 Å². The summed E-state index contributed by atoms with van der Waals surface area (Å²) >= 11 is 0. The first-order chi connectivity index (χ1) is 7.83. The monoisotopic (exact) mass is 240 g/mol. The predicted octanol–water partition coefficient (Wildman–Crippen LogP) is 1.32. The van der Waals surface area contributed by atoms with Crippen molar-refractivity contribution in [3.05, 3.63) is 11.1 Å². The molecule has 0 aromatic rings. The van der Waals surface area contributed by atoms with Crippen LogP contribution in [0, 0.1) is 11.3 Å². The van der Waals surface area contributed by atoms with Crippen LogP contribution in [-0.2, 0) is 4.79 Å². The summed E-state index contributed by atoms with van der Waals surface area (Å²) in [4.78, 5) is 10.8. The number of aliphatic hydroxyl groups is 2. The second-order valence-corrected chi connectivity index (χ2v) is 5.88. The Hall–Kier alpha value is -0.870. The standard InChI is InChI=1S/C13H20O4/c1-13(2)4-3-9(14)8-5-7(6-10(15)16)12(17)11(8)13/h7,9,12,14,17H,3-6H2,1-2H3,(H,15,16)/t7-,9-,12+/m1/s1. The zero-order chi connectivity index (χ0) is 12.8. The topological polar surface area (TPSA) is 77.8 Å². The van der Waals surface area contributed by atoms with Gasteiger partial charge in [0.25, 0.3) is 0 Å². The lowest BCUT2D eigenvalue weighted by molar-refractivity contribution is -0.138. The van der Waals surface area contributed by atoms with E-state index in [-0.39, 0.29) is 17.8 Å². The molecule has 0 aromatic heterocycles. The van der Waals surface area contributed by atoms with Gasteiger partial charge in [-0.15, -0.1) is 0 Å². The van der Waals surface area contributed by atoms with Gasteiger partial charge in [0, 0.05) is 5.92 Å². The largest absolute Gasteiger partial charge is 0.481 e. The van der Waals surface area contributed by atoms with Gasteiger partial charge in [-0.3, -0.25) is 4.79 Å². The van der Waals surface area contributed by atoms with Gasteiger partial charge in [0.1, 0.15) is 0 Å². The van der Waals surface area contributed by atoms with Crippen molar-refractivity contribution in [1.29, 1.82) is 0 Å². The minimum atomic E-state index is -0.888. The highest BCUT2D eigenvalue weighted by atomic mass is 16.4. The summed E-state index contributed by atoms with van der Waals surface area (Å²) in [5.74, 6) is -1.16. The second-order valence-electron chi connectivity index (χ2n) is 5.88. The summed E-state index contributed by atoms with van der Waals surface area (Å²) in [5.41, 5.74) is 1.66. The predicted molar refractivity (Wildman–Crippen MR) is 62.4 cm³/mol. The molecular formula is C13H20O4. The van der Waals surface area contributed by atoms with Crippen LogP contribution >= 0.6 is 0 Å². The average Bonchev–Trinajstić information content (AvgIpc) is 2.52. The molecule has 2 aliphatic rings. The van der Waals surface area contributed by atoms with Gasteiger partial charge in [0.05, 0.1) is 18.6 Å². The van der Waals surface area contributed by atoms with Gasteiger partial charge in [-0.05, 0) is 35.8 Å². The number of carboxylic acid groups (broad SMARTS) is 1. The van der Waals surface area contributed by atoms with E-state index in [4.69, 9.17) is 5.11 Å². The Kier molecular flexibility index (Phi) is 3.04. The lowest BCUT2D eigenvalue weighted by Crippen LogP contribution is -2.32. The van der Waals surface area contributed by atoms with E-state index in [1.807, 2.05) is 0 Å². The lowest BCUT2D eigenvalue weighted by atomic mass is 9.71. The molecule has 17 heavy (non-hydrogen) atoms. The third-order valence-electron chi connectivity index (χ3n) is 4.18. The maximum atomic E-state index is 10.8. The normalized spacial score (nSPS) is 35.9. The van der Waals surface area contributed by atoms with Crippen LogP contribution in [0.25, 0.3) is 0 Å². The summed E-state index contributed by atoms with van der Waals surface area (Å²) in [6, 6.07) is 0. The fraction of sp³-hybridized carbons (Fsp3) is 0.769. The van der Waals surface area contributed by atoms with Gasteiger partial charge in [0.15, 0.2) is 0 Å². The minimum absolute atomic E-state index is 0.0308. The third kappa shape index (κ3) is 2.11. The number of rotatable bonds is 2. The molecule has 2 rings (SSSR count). The Morgan fingerprint density at radius 3 is 2.59 bits per heavy atom. The molecule has 96 valence electrons. The van der Waals surface area contributed by atoms with Crippen LogP contribution in [-0.4, -0.2) is 33.5 Å². The van der Waals surface area contributed by atoms with E-state index in [0.717, 1.165) is 17.6 Å². The first-order valence-electron chi connectivity index (χ1n) is 6.14. The number of aliphatic hydroxyl groups excluding tert-OH is 2. The third-order valence-corrected chi connectivity index (χ3v) is 4.18. The highest BCUT2D eigenvalue weighted by molar-refractivity contribution is 5.67. The maximum Gasteiger partial charge on any atom is 0.303 e. The molecule has 0 bridgehead atoms. The van der Waals surface area contributed by atoms with Crippen molar-refractivity contribution >= 4 is 5.97 Å². The molecule has 0 saturated heterocycles. The van der Waals surface area contributed by atoms with Crippen LogP contribution in [0.5, 0.6) is 0 Å². The number of carboxylic acids is 1. The number of carbonyl (C=O) groups is 1. The van der Waals surface area contributed by atoms with Crippen LogP contribution in [0.15, 0.2) is 11.1 Å². The molecule has 0 unspecified atom stereocenters. The van der Waals surface area contributed by atoms with Crippen molar-refractivity contribution in [3.63, 3.8) is 0 Å². The molecule has 3 atom stereocenters. The maximum absolute atomic E-state index is 10.8. The molecule has 3 N–H and O–H groups in total. The summed E-state index contributed by atoms with van der Waals surface area (Å²) in [7, 11) is 0. The summed E-state index contributed by atoms with van der Waals surface area (Å²) in [6.45, 7) is 4.11. The summed E-state index contributed by atoms with van der Waals surface area (Å²) < 4.78 is 0. The van der Waals surface area contributed by atoms with Crippen molar-refractivity contribution in [2.45, 2.75) is 51.7 Å². The number of hydrogen-bond acceptors (Lipinski definition) is 3. The SMILES string of the molecule is CC1(C)CC[C@@H](O)C2=C1[C@@H](O)[C@@H](CC(=O)O)C2. The fourth-order valence-electron chi connectivity index (χ4n) is 3.29. The van der Waals surface area contributed by atoms with E-state index in [1.54, 1.807) is 0 Å². The van der Waals surface area contributed by atoms with Gasteiger partial charge < -0.3 is 15.3 Å². The first kappa shape index (κ1) is 12.6. The molecule has 0 aliphatic heterocycles. The smallest absolute Gasteiger partial charge is 0.303 e. The van der Waals surface area contributed by atoms with Gasteiger partial charge in [-0.25, -0.2) is 0 Å². The van der Waals surface area contributed by atoms with Crippen molar-refractivity contribution in [3.8, 4) is 0 Å². The number of hydrogen-bond donors (Lipinski definition) is 3. The quantitative estimate of drug-likeness (QED) is 0.636. The van der Waals surface area contributed by atoms with E-state index in [2.05, 4.69) is 13.8 Å². The van der Waals surface area contributed by atoms with Gasteiger partial charge in [-0.2, -0.15) is 0 Å². The van der Waals surface area contributed by atoms with Crippen LogP contribution in [0.2, 0.25) is 0 Å². The van der Waals surface area contributed by atoms with Crippen molar-refractivity contribution in [1.82, 2.24) is 0 Å². The second kappa shape index (κ2) is 4.10. The molecule has 0 radical (unpaired) electrons. The van der Waals surface area contributed by atoms with Gasteiger partial charge >= 0.3 is 5.97 Å². The van der Waals surface area contributed by atoms with Crippen LogP contribution < -0.4 is 0 Å². The molecule has 2 aliphatic carbocycles. The number of aliphatic carboxylic acids is 1.